The van der Waals surface area contributed by atoms with Crippen molar-refractivity contribution >= 4 is 17.7 Å². The zero-order valence-corrected chi connectivity index (χ0v) is 21.6. The number of ether oxygens (including phenoxy) is 4. The molecular weight excluding hydrogens is 504 g/mol. The maximum absolute atomic E-state index is 13.3. The van der Waals surface area contributed by atoms with E-state index >= 15 is 0 Å². The Morgan fingerprint density at radius 1 is 0.974 bits per heavy atom. The van der Waals surface area contributed by atoms with Crippen LogP contribution < -0.4 is 9.47 Å². The molecule has 204 valence electrons. The van der Waals surface area contributed by atoms with Crippen LogP contribution in [0.25, 0.3) is 0 Å². The maximum atomic E-state index is 13.3. The van der Waals surface area contributed by atoms with Gasteiger partial charge in [-0.1, -0.05) is 12.1 Å². The number of phenolic OH excluding ortho intramolecular Hbond substituents is 1. The second-order valence-electron chi connectivity index (χ2n) is 9.11. The largest absolute Gasteiger partial charge is 0.507 e. The van der Waals surface area contributed by atoms with Crippen molar-refractivity contribution < 1.29 is 43.5 Å². The van der Waals surface area contributed by atoms with Gasteiger partial charge < -0.3 is 29.2 Å². The molecule has 0 saturated carbocycles. The van der Waals surface area contributed by atoms with Crippen LogP contribution in [-0.2, 0) is 27.3 Å². The molecule has 3 aromatic carbocycles. The van der Waals surface area contributed by atoms with Gasteiger partial charge >= 0.3 is 11.9 Å². The average molecular weight is 535 g/mol. The molecule has 4 rings (SSSR count). The normalized spacial score (nSPS) is 14.8. The highest BCUT2D eigenvalue weighted by Gasteiger charge is 2.20. The predicted octanol–water partition coefficient (Wildman–Crippen LogP) is 4.91. The number of carbonyl (C=O) groups excluding carboxylic acids is 2. The number of carbonyl (C=O) groups is 3. The van der Waals surface area contributed by atoms with E-state index in [1.165, 1.54) is 31.4 Å². The number of hydrogen-bond donors (Lipinski definition) is 2. The Bertz CT molecular complexity index is 1320. The summed E-state index contributed by atoms with van der Waals surface area (Å²) in [6.07, 6.45) is 2.73. The molecule has 3 aromatic rings. The molecule has 1 aliphatic rings. The summed E-state index contributed by atoms with van der Waals surface area (Å²) < 4.78 is 22.0. The summed E-state index contributed by atoms with van der Waals surface area (Å²) in [6, 6.07) is 15.7. The molecule has 1 aliphatic heterocycles. The van der Waals surface area contributed by atoms with Gasteiger partial charge in [0, 0.05) is 24.5 Å². The summed E-state index contributed by atoms with van der Waals surface area (Å²) in [6.45, 7) is 0.785. The molecule has 9 nitrogen and oxygen atoms in total. The summed E-state index contributed by atoms with van der Waals surface area (Å²) in [5, 5.41) is 19.7. The van der Waals surface area contributed by atoms with Gasteiger partial charge in [0.2, 0.25) is 0 Å². The molecule has 0 aromatic heterocycles. The number of aryl methyl sites for hydroxylation is 1. The SMILES string of the molecule is COC(=O)CCc1cc(C(=O)c2ccc(OC3CCCCO3)cc2O)ccc1OCc1ccc(C(=O)O)cc1. The average Bonchev–Trinajstić information content (AvgIpc) is 2.95. The third-order valence-corrected chi connectivity index (χ3v) is 6.36. The Balaban J connectivity index is 1.51. The highest BCUT2D eigenvalue weighted by atomic mass is 16.7. The second kappa shape index (κ2) is 12.9. The molecule has 39 heavy (non-hydrogen) atoms. The molecule has 1 heterocycles. The highest BCUT2D eigenvalue weighted by molar-refractivity contribution is 6.11. The van der Waals surface area contributed by atoms with Gasteiger partial charge in [-0.15, -0.1) is 0 Å². The minimum atomic E-state index is -1.01. The smallest absolute Gasteiger partial charge is 0.335 e. The van der Waals surface area contributed by atoms with E-state index in [4.69, 9.17) is 24.1 Å². The van der Waals surface area contributed by atoms with Crippen LogP contribution >= 0.6 is 0 Å². The van der Waals surface area contributed by atoms with Crippen molar-refractivity contribution in [2.75, 3.05) is 13.7 Å². The quantitative estimate of drug-likeness (QED) is 0.260. The van der Waals surface area contributed by atoms with Crippen molar-refractivity contribution in [1.82, 2.24) is 0 Å². The third kappa shape index (κ3) is 7.36. The fourth-order valence-corrected chi connectivity index (χ4v) is 4.19. The Kier molecular flexibility index (Phi) is 9.17. The number of aromatic carboxylic acids is 1. The standard InChI is InChI=1S/C30H30O9/c1-36-27(32)14-10-21-16-22(9-13-26(21)38-18-19-5-7-20(8-6-19)30(34)35)29(33)24-12-11-23(17-25(24)31)39-28-4-2-3-15-37-28/h5-9,11-13,16-17,28,31H,2-4,10,14-15,18H2,1H3,(H,34,35). The number of ketones is 1. The fourth-order valence-electron chi connectivity index (χ4n) is 4.19. The molecule has 0 spiro atoms. The van der Waals surface area contributed by atoms with Crippen LogP contribution in [0.5, 0.6) is 17.2 Å². The zero-order valence-electron chi connectivity index (χ0n) is 21.6. The van der Waals surface area contributed by atoms with E-state index in [-0.39, 0.29) is 42.6 Å². The number of carboxylic acid groups (broad SMARTS) is 1. The number of benzene rings is 3. The van der Waals surface area contributed by atoms with Gasteiger partial charge in [0.1, 0.15) is 23.9 Å². The summed E-state index contributed by atoms with van der Waals surface area (Å²) in [5.74, 6) is -1.15. The van der Waals surface area contributed by atoms with Crippen molar-refractivity contribution in [1.29, 1.82) is 0 Å². The number of aromatic hydroxyl groups is 1. The van der Waals surface area contributed by atoms with Crippen molar-refractivity contribution in [2.45, 2.75) is 45.0 Å². The van der Waals surface area contributed by atoms with Gasteiger partial charge in [0.25, 0.3) is 0 Å². The van der Waals surface area contributed by atoms with Gasteiger partial charge in [-0.2, -0.15) is 0 Å². The van der Waals surface area contributed by atoms with E-state index < -0.39 is 17.7 Å². The van der Waals surface area contributed by atoms with Gasteiger partial charge in [-0.3, -0.25) is 9.59 Å². The summed E-state index contributed by atoms with van der Waals surface area (Å²) in [5.41, 5.74) is 1.96. The Hall–Kier alpha value is -4.37. The van der Waals surface area contributed by atoms with Crippen molar-refractivity contribution in [3.8, 4) is 17.2 Å². The first-order valence-corrected chi connectivity index (χ1v) is 12.6. The van der Waals surface area contributed by atoms with E-state index in [0.717, 1.165) is 24.8 Å². The molecule has 0 radical (unpaired) electrons. The third-order valence-electron chi connectivity index (χ3n) is 6.36. The molecule has 1 atom stereocenters. The molecule has 2 N–H and O–H groups in total. The first kappa shape index (κ1) is 27.7. The Morgan fingerprint density at radius 2 is 1.74 bits per heavy atom. The van der Waals surface area contributed by atoms with E-state index in [1.807, 2.05) is 0 Å². The lowest BCUT2D eigenvalue weighted by atomic mass is 9.98. The number of phenols is 1. The highest BCUT2D eigenvalue weighted by Crippen LogP contribution is 2.30. The van der Waals surface area contributed by atoms with Crippen LogP contribution in [0, 0.1) is 0 Å². The van der Waals surface area contributed by atoms with Crippen molar-refractivity contribution in [3.05, 3.63) is 88.5 Å². The van der Waals surface area contributed by atoms with E-state index in [2.05, 4.69) is 0 Å². The molecule has 1 unspecified atom stereocenters. The monoisotopic (exact) mass is 534 g/mol. The van der Waals surface area contributed by atoms with Crippen LogP contribution in [0.3, 0.4) is 0 Å². The molecule has 1 fully saturated rings. The summed E-state index contributed by atoms with van der Waals surface area (Å²) in [4.78, 5) is 36.1. The molecule has 0 bridgehead atoms. The minimum absolute atomic E-state index is 0.0817. The topological polar surface area (TPSA) is 129 Å². The van der Waals surface area contributed by atoms with Crippen molar-refractivity contribution in [3.63, 3.8) is 0 Å². The molecular formula is C30H30O9. The molecule has 0 aliphatic carbocycles. The number of hydrogen-bond acceptors (Lipinski definition) is 8. The fraction of sp³-hybridized carbons (Fsp3) is 0.300. The van der Waals surface area contributed by atoms with Crippen molar-refractivity contribution in [2.24, 2.45) is 0 Å². The van der Waals surface area contributed by atoms with Crippen LogP contribution in [0.1, 0.15) is 63.1 Å². The Morgan fingerprint density at radius 3 is 2.41 bits per heavy atom. The summed E-state index contributed by atoms with van der Waals surface area (Å²) >= 11 is 0. The van der Waals surface area contributed by atoms with Crippen LogP contribution in [-0.4, -0.2) is 47.9 Å². The second-order valence-corrected chi connectivity index (χ2v) is 9.11. The lowest BCUT2D eigenvalue weighted by Gasteiger charge is -2.23. The van der Waals surface area contributed by atoms with Crippen LogP contribution in [0.2, 0.25) is 0 Å². The molecule has 1 saturated heterocycles. The lowest BCUT2D eigenvalue weighted by Crippen LogP contribution is -2.24. The van der Waals surface area contributed by atoms with Crippen LogP contribution in [0.15, 0.2) is 60.7 Å². The number of rotatable bonds is 11. The van der Waals surface area contributed by atoms with Gasteiger partial charge in [0.15, 0.2) is 12.1 Å². The Labute approximate surface area is 225 Å². The van der Waals surface area contributed by atoms with Crippen LogP contribution in [0.4, 0.5) is 0 Å². The first-order chi connectivity index (χ1) is 18.8. The number of carboxylic acids is 1. The van der Waals surface area contributed by atoms with E-state index in [1.54, 1.807) is 36.4 Å². The lowest BCUT2D eigenvalue weighted by molar-refractivity contribution is -0.140. The van der Waals surface area contributed by atoms with Gasteiger partial charge in [-0.05, 0) is 72.9 Å². The van der Waals surface area contributed by atoms with E-state index in [0.29, 0.717) is 29.2 Å². The van der Waals surface area contributed by atoms with Gasteiger partial charge in [0.05, 0.1) is 24.8 Å². The minimum Gasteiger partial charge on any atom is -0.507 e. The molecule has 9 heteroatoms. The summed E-state index contributed by atoms with van der Waals surface area (Å²) in [7, 11) is 1.30. The zero-order chi connectivity index (χ0) is 27.8. The molecule has 0 amide bonds. The number of esters is 1. The number of methoxy groups -OCH3 is 1. The maximum Gasteiger partial charge on any atom is 0.335 e. The predicted molar refractivity (Wildman–Crippen MR) is 140 cm³/mol. The van der Waals surface area contributed by atoms with Gasteiger partial charge in [-0.25, -0.2) is 4.79 Å². The van der Waals surface area contributed by atoms with E-state index in [9.17, 15) is 19.5 Å². The first-order valence-electron chi connectivity index (χ1n) is 12.6.